The topological polar surface area (TPSA) is 0 Å². The summed E-state index contributed by atoms with van der Waals surface area (Å²) in [6.45, 7) is 8.16. The first-order valence-electron chi connectivity index (χ1n) is 4.07. The highest BCUT2D eigenvalue weighted by atomic mass is 13.9. The van der Waals surface area contributed by atoms with Crippen LogP contribution >= 0.6 is 0 Å². The van der Waals surface area contributed by atoms with E-state index in [9.17, 15) is 0 Å². The van der Waals surface area contributed by atoms with Crippen LogP contribution in [0.3, 0.4) is 0 Å². The summed E-state index contributed by atoms with van der Waals surface area (Å²) in [7, 11) is 0. The van der Waals surface area contributed by atoms with Crippen LogP contribution in [-0.2, 0) is 0 Å². The first-order chi connectivity index (χ1) is 5.29. The Bertz CT molecular complexity index is 220. The van der Waals surface area contributed by atoms with E-state index in [0.29, 0.717) is 0 Å². The number of allylic oxidation sites excluding steroid dienone is 5. The summed E-state index contributed by atoms with van der Waals surface area (Å²) in [6, 6.07) is 0. The molecule has 0 aromatic heterocycles. The third-order valence-corrected chi connectivity index (χ3v) is 1.21. The zero-order valence-corrected chi connectivity index (χ0v) is 7.81. The predicted molar refractivity (Wildman–Crippen MR) is 51.5 cm³/mol. The highest BCUT2D eigenvalue weighted by Crippen LogP contribution is 2.04. The minimum absolute atomic E-state index is 1.26. The molecule has 60 valence electrons. The molecule has 11 heavy (non-hydrogen) atoms. The molecule has 0 aliphatic heterocycles. The summed E-state index contributed by atoms with van der Waals surface area (Å²) < 4.78 is 0. The van der Waals surface area contributed by atoms with Crippen LogP contribution < -0.4 is 0 Å². The molecular weight excluding hydrogens is 132 g/mol. The smallest absolute Gasteiger partial charge is 0.0170 e. The quantitative estimate of drug-likeness (QED) is 0.460. The van der Waals surface area contributed by atoms with E-state index in [2.05, 4.69) is 25.7 Å². The van der Waals surface area contributed by atoms with Gasteiger partial charge in [-0.25, -0.2) is 0 Å². The Balaban J connectivity index is 0.000000461. The van der Waals surface area contributed by atoms with Crippen LogP contribution in [0.5, 0.6) is 0 Å². The summed E-state index contributed by atoms with van der Waals surface area (Å²) in [5.74, 6) is 0. The average molecular weight is 148 g/mol. The van der Waals surface area contributed by atoms with Crippen molar-refractivity contribution < 1.29 is 0 Å². The number of hydrogen-bond donors (Lipinski definition) is 0. The maximum absolute atomic E-state index is 3.03. The van der Waals surface area contributed by atoms with Gasteiger partial charge in [-0.15, -0.1) is 5.73 Å². The third-order valence-electron chi connectivity index (χ3n) is 1.21. The van der Waals surface area contributed by atoms with Crippen molar-refractivity contribution in [3.63, 3.8) is 0 Å². The lowest BCUT2D eigenvalue weighted by Crippen LogP contribution is -1.67. The van der Waals surface area contributed by atoms with Crippen molar-refractivity contribution in [2.24, 2.45) is 0 Å². The molecule has 1 rings (SSSR count). The second-order valence-corrected chi connectivity index (χ2v) is 2.28. The summed E-state index contributed by atoms with van der Waals surface area (Å²) in [5.41, 5.74) is 5.58. The van der Waals surface area contributed by atoms with Crippen LogP contribution in [0, 0.1) is 0 Å². The molecule has 0 aromatic rings. The van der Waals surface area contributed by atoms with Gasteiger partial charge in [0.15, 0.2) is 0 Å². The van der Waals surface area contributed by atoms with Gasteiger partial charge < -0.3 is 0 Å². The minimum atomic E-state index is 1.26. The van der Waals surface area contributed by atoms with Crippen LogP contribution in [-0.4, -0.2) is 0 Å². The molecular formula is C11H16. The van der Waals surface area contributed by atoms with Gasteiger partial charge in [0.1, 0.15) is 0 Å². The van der Waals surface area contributed by atoms with Gasteiger partial charge in [0.05, 0.1) is 0 Å². The molecule has 0 unspecified atom stereocenters. The Morgan fingerprint density at radius 1 is 1.09 bits per heavy atom. The van der Waals surface area contributed by atoms with Gasteiger partial charge in [-0.3, -0.25) is 0 Å². The molecule has 0 fully saturated rings. The summed E-state index contributed by atoms with van der Waals surface area (Å²) in [5, 5.41) is 0. The maximum Gasteiger partial charge on any atom is -0.0170 e. The molecule has 0 spiro atoms. The van der Waals surface area contributed by atoms with Crippen LogP contribution in [0.15, 0.2) is 41.2 Å². The van der Waals surface area contributed by atoms with Crippen LogP contribution in [0.2, 0.25) is 0 Å². The lowest BCUT2D eigenvalue weighted by Gasteiger charge is -1.87. The van der Waals surface area contributed by atoms with E-state index >= 15 is 0 Å². The lowest BCUT2D eigenvalue weighted by atomic mass is 10.2. The van der Waals surface area contributed by atoms with Crippen molar-refractivity contribution in [1.29, 1.82) is 0 Å². The molecule has 0 bridgehead atoms. The molecule has 0 amide bonds. The standard InChI is InChI=1S/C9H10.C2H6/c1-8-5-3-4-6-9(2)7-8;1-2/h3,5-7H,1-2H3;1-2H3. The Morgan fingerprint density at radius 2 is 1.73 bits per heavy atom. The fourth-order valence-electron chi connectivity index (χ4n) is 0.808. The zero-order chi connectivity index (χ0) is 8.69. The Labute approximate surface area is 69.6 Å². The largest absolute Gasteiger partial charge is 0.121 e. The molecule has 0 saturated heterocycles. The van der Waals surface area contributed by atoms with E-state index in [1.165, 1.54) is 11.1 Å². The van der Waals surface area contributed by atoms with Gasteiger partial charge in [0.2, 0.25) is 0 Å². The minimum Gasteiger partial charge on any atom is -0.121 e. The van der Waals surface area contributed by atoms with Gasteiger partial charge in [0, 0.05) is 0 Å². The summed E-state index contributed by atoms with van der Waals surface area (Å²) >= 11 is 0. The number of hydrogen-bond acceptors (Lipinski definition) is 0. The second kappa shape index (κ2) is 5.76. The summed E-state index contributed by atoms with van der Waals surface area (Å²) in [4.78, 5) is 0. The molecule has 0 N–H and O–H groups in total. The van der Waals surface area contributed by atoms with E-state index in [-0.39, 0.29) is 0 Å². The number of rotatable bonds is 0. The Hall–Kier alpha value is -1.00. The SMILES string of the molecule is CC.CC1=CC=C=CC(C)=C1. The van der Waals surface area contributed by atoms with E-state index in [1.54, 1.807) is 0 Å². The zero-order valence-electron chi connectivity index (χ0n) is 7.81. The third kappa shape index (κ3) is 4.41. The van der Waals surface area contributed by atoms with Gasteiger partial charge in [0.25, 0.3) is 0 Å². The van der Waals surface area contributed by atoms with Crippen molar-refractivity contribution in [2.45, 2.75) is 27.7 Å². The van der Waals surface area contributed by atoms with Crippen molar-refractivity contribution in [3.05, 3.63) is 41.2 Å². The molecule has 0 radical (unpaired) electrons. The van der Waals surface area contributed by atoms with Crippen molar-refractivity contribution in [2.75, 3.05) is 0 Å². The van der Waals surface area contributed by atoms with E-state index in [0.717, 1.165) is 0 Å². The molecule has 0 nitrogen and oxygen atoms in total. The van der Waals surface area contributed by atoms with Gasteiger partial charge in [-0.2, -0.15) is 0 Å². The molecule has 0 saturated carbocycles. The monoisotopic (exact) mass is 148 g/mol. The predicted octanol–water partition coefficient (Wildman–Crippen LogP) is 3.63. The van der Waals surface area contributed by atoms with Crippen LogP contribution in [0.4, 0.5) is 0 Å². The highest BCUT2D eigenvalue weighted by molar-refractivity contribution is 5.32. The van der Waals surface area contributed by atoms with Crippen LogP contribution in [0.25, 0.3) is 0 Å². The highest BCUT2D eigenvalue weighted by Gasteiger charge is 1.84. The van der Waals surface area contributed by atoms with Crippen LogP contribution in [0.1, 0.15) is 27.7 Å². The summed E-state index contributed by atoms with van der Waals surface area (Å²) in [6.07, 6.45) is 8.10. The van der Waals surface area contributed by atoms with E-state index in [4.69, 9.17) is 0 Å². The molecule has 1 aliphatic rings. The van der Waals surface area contributed by atoms with E-state index in [1.807, 2.05) is 32.1 Å². The second-order valence-electron chi connectivity index (χ2n) is 2.28. The first-order valence-corrected chi connectivity index (χ1v) is 4.07. The van der Waals surface area contributed by atoms with Gasteiger partial charge in [-0.1, -0.05) is 31.6 Å². The normalized spacial score (nSPS) is 14.2. The Morgan fingerprint density at radius 3 is 2.36 bits per heavy atom. The van der Waals surface area contributed by atoms with Crippen molar-refractivity contribution in [1.82, 2.24) is 0 Å². The molecule has 0 aromatic carbocycles. The van der Waals surface area contributed by atoms with Gasteiger partial charge >= 0.3 is 0 Å². The first kappa shape index (κ1) is 10.0. The fourth-order valence-corrected chi connectivity index (χ4v) is 0.808. The van der Waals surface area contributed by atoms with Gasteiger partial charge in [-0.05, 0) is 31.6 Å². The molecule has 0 heterocycles. The average Bonchev–Trinajstić information content (AvgIpc) is 2.18. The molecule has 1 aliphatic carbocycles. The van der Waals surface area contributed by atoms with Crippen molar-refractivity contribution >= 4 is 0 Å². The molecule has 0 heteroatoms. The Kier molecular flexibility index (Phi) is 5.24. The fraction of sp³-hybridized carbons (Fsp3) is 0.364. The maximum atomic E-state index is 3.03. The lowest BCUT2D eigenvalue weighted by molar-refractivity contribution is 1.45. The molecule has 0 atom stereocenters. The van der Waals surface area contributed by atoms with Crippen molar-refractivity contribution in [3.8, 4) is 0 Å². The van der Waals surface area contributed by atoms with E-state index < -0.39 is 0 Å².